The first-order chi connectivity index (χ1) is 28.3. The van der Waals surface area contributed by atoms with Gasteiger partial charge < -0.3 is 0 Å². The van der Waals surface area contributed by atoms with Crippen molar-refractivity contribution >= 4 is 43.9 Å². The van der Waals surface area contributed by atoms with Crippen LogP contribution in [0.1, 0.15) is 50.6 Å². The van der Waals surface area contributed by atoms with Gasteiger partial charge in [-0.25, -0.2) is 19.9 Å². The van der Waals surface area contributed by atoms with E-state index in [-0.39, 0.29) is 0 Å². The van der Waals surface area contributed by atoms with Gasteiger partial charge >= 0.3 is 0 Å². The fraction of sp³-hybridized carbons (Fsp3) is 0.137. The molecule has 0 fully saturated rings. The van der Waals surface area contributed by atoms with E-state index in [0.29, 0.717) is 11.9 Å². The van der Waals surface area contributed by atoms with Crippen molar-refractivity contribution in [3.8, 4) is 22.3 Å². The molecule has 6 aromatic carbocycles. The summed E-state index contributed by atoms with van der Waals surface area (Å²) in [5, 5.41) is 0. The summed E-state index contributed by atoms with van der Waals surface area (Å²) >= 11 is 0. The number of para-hydroxylation sites is 2. The SMILES string of the molecule is Cc1cc(C)nc(N(c2ccccc2)c2ccc3c(c2)C2(c4cc(N(c5ccccc5)c5nc(C)cc(C)n5)ccc4-3)c3ccccc3-c3c(CCP)cccc32)n1. The van der Waals surface area contributed by atoms with Crippen molar-refractivity contribution in [1.29, 1.82) is 0 Å². The molecule has 6 nitrogen and oxygen atoms in total. The predicted octanol–water partition coefficient (Wildman–Crippen LogP) is 12.2. The minimum absolute atomic E-state index is 0.614. The van der Waals surface area contributed by atoms with E-state index in [0.717, 1.165) is 58.1 Å². The summed E-state index contributed by atoms with van der Waals surface area (Å²) in [5.41, 5.74) is 18.6. The van der Waals surface area contributed by atoms with E-state index in [1.807, 2.05) is 39.8 Å². The topological polar surface area (TPSA) is 58.0 Å². The molecule has 1 spiro atoms. The van der Waals surface area contributed by atoms with Gasteiger partial charge in [0.05, 0.1) is 5.41 Å². The Morgan fingerprint density at radius 1 is 0.431 bits per heavy atom. The first-order valence-electron chi connectivity index (χ1n) is 19.9. The summed E-state index contributed by atoms with van der Waals surface area (Å²) in [6.07, 6.45) is 1.95. The van der Waals surface area contributed by atoms with Crippen LogP contribution in [0.4, 0.5) is 34.6 Å². The third kappa shape index (κ3) is 5.66. The molecule has 7 heteroatoms. The normalized spacial score (nSPS) is 12.8. The van der Waals surface area contributed by atoms with Crippen LogP contribution in [0, 0.1) is 27.7 Å². The average molecular weight is 771 g/mol. The molecule has 58 heavy (non-hydrogen) atoms. The fourth-order valence-electron chi connectivity index (χ4n) is 9.45. The van der Waals surface area contributed by atoms with E-state index in [2.05, 4.69) is 159 Å². The first-order valence-corrected chi connectivity index (χ1v) is 20.7. The lowest BCUT2D eigenvalue weighted by Gasteiger charge is -2.33. The zero-order valence-corrected chi connectivity index (χ0v) is 34.3. The highest BCUT2D eigenvalue weighted by molar-refractivity contribution is 7.16. The lowest BCUT2D eigenvalue weighted by molar-refractivity contribution is 0.792. The summed E-state index contributed by atoms with van der Waals surface area (Å²) in [6, 6.07) is 54.9. The minimum atomic E-state index is -0.614. The number of rotatable bonds is 8. The highest BCUT2D eigenvalue weighted by Gasteiger charge is 2.52. The lowest BCUT2D eigenvalue weighted by atomic mass is 9.70. The second-order valence-electron chi connectivity index (χ2n) is 15.4. The molecule has 0 saturated carbocycles. The quantitative estimate of drug-likeness (QED) is 0.143. The molecule has 2 aliphatic rings. The van der Waals surface area contributed by atoms with Crippen LogP contribution in [-0.4, -0.2) is 26.1 Å². The smallest absolute Gasteiger partial charge is 0.235 e. The summed E-state index contributed by atoms with van der Waals surface area (Å²) in [4.78, 5) is 24.4. The summed E-state index contributed by atoms with van der Waals surface area (Å²) in [5.74, 6) is 1.30. The van der Waals surface area contributed by atoms with Gasteiger partial charge in [0.15, 0.2) is 0 Å². The summed E-state index contributed by atoms with van der Waals surface area (Å²) < 4.78 is 0. The van der Waals surface area contributed by atoms with Crippen LogP contribution >= 0.6 is 9.24 Å². The molecule has 0 saturated heterocycles. The Morgan fingerprint density at radius 3 is 1.40 bits per heavy atom. The molecule has 2 aromatic heterocycles. The van der Waals surface area contributed by atoms with Gasteiger partial charge in [-0.1, -0.05) is 91.0 Å². The third-order valence-corrected chi connectivity index (χ3v) is 11.8. The number of aryl methyl sites for hydroxylation is 5. The highest BCUT2D eigenvalue weighted by atomic mass is 31.0. The van der Waals surface area contributed by atoms with Crippen LogP contribution in [0.15, 0.2) is 152 Å². The van der Waals surface area contributed by atoms with Gasteiger partial charge in [-0.2, -0.15) is 0 Å². The van der Waals surface area contributed by atoms with Crippen molar-refractivity contribution in [3.63, 3.8) is 0 Å². The van der Waals surface area contributed by atoms with Crippen molar-refractivity contribution < 1.29 is 0 Å². The van der Waals surface area contributed by atoms with Crippen molar-refractivity contribution in [3.05, 3.63) is 202 Å². The Kier molecular flexibility index (Phi) is 8.76. The highest BCUT2D eigenvalue weighted by Crippen LogP contribution is 2.64. The maximum absolute atomic E-state index is 5.01. The molecule has 8 aromatic rings. The second kappa shape index (κ2) is 14.2. The molecular formula is C51H43N6P. The van der Waals surface area contributed by atoms with Crippen LogP contribution in [0.2, 0.25) is 0 Å². The molecule has 2 aliphatic carbocycles. The second-order valence-corrected chi connectivity index (χ2v) is 16.0. The molecule has 0 aliphatic heterocycles. The van der Waals surface area contributed by atoms with Crippen molar-refractivity contribution in [2.24, 2.45) is 0 Å². The maximum Gasteiger partial charge on any atom is 0.235 e. The Hall–Kier alpha value is -6.49. The third-order valence-electron chi connectivity index (χ3n) is 11.6. The number of hydrogen-bond donors (Lipinski definition) is 0. The number of nitrogens with zero attached hydrogens (tertiary/aromatic N) is 6. The van der Waals surface area contributed by atoms with E-state index in [1.54, 1.807) is 0 Å². The van der Waals surface area contributed by atoms with Crippen LogP contribution < -0.4 is 9.80 Å². The monoisotopic (exact) mass is 770 g/mol. The Bertz CT molecular complexity index is 2690. The number of hydrogen-bond acceptors (Lipinski definition) is 6. The van der Waals surface area contributed by atoms with E-state index < -0.39 is 5.41 Å². The Labute approximate surface area is 342 Å². The lowest BCUT2D eigenvalue weighted by Crippen LogP contribution is -2.27. The molecular weight excluding hydrogens is 728 g/mol. The molecule has 0 radical (unpaired) electrons. The molecule has 0 amide bonds. The van der Waals surface area contributed by atoms with Gasteiger partial charge in [-0.3, -0.25) is 9.80 Å². The molecule has 282 valence electrons. The molecule has 0 N–H and O–H groups in total. The van der Waals surface area contributed by atoms with E-state index in [1.165, 1.54) is 50.1 Å². The van der Waals surface area contributed by atoms with Crippen LogP contribution in [0.25, 0.3) is 22.3 Å². The van der Waals surface area contributed by atoms with Gasteiger partial charge in [-0.15, -0.1) is 9.24 Å². The average Bonchev–Trinajstić information content (AvgIpc) is 3.69. The molecule has 1 atom stereocenters. The number of benzene rings is 6. The summed E-state index contributed by atoms with van der Waals surface area (Å²) in [6.45, 7) is 8.14. The van der Waals surface area contributed by atoms with Crippen molar-refractivity contribution in [1.82, 2.24) is 19.9 Å². The van der Waals surface area contributed by atoms with Gasteiger partial charge in [0.2, 0.25) is 11.9 Å². The number of aromatic nitrogens is 4. The van der Waals surface area contributed by atoms with E-state index in [9.17, 15) is 0 Å². The standard InChI is InChI=1S/C51H43N6P/c1-32-28-33(2)53-49(52-32)56(37-15-7-5-8-16-37)39-22-24-41-42-25-23-40(57(38-17-9-6-10-18-38)50-54-34(3)29-35(4)55-50)31-47(42)51(46(41)30-39)44-20-12-11-19-43(44)48-36(26-27-58)14-13-21-45(48)51/h5-25,28-31H,26-27,58H2,1-4H3. The molecule has 1 unspecified atom stereocenters. The van der Waals surface area contributed by atoms with Gasteiger partial charge in [0.25, 0.3) is 0 Å². The minimum Gasteiger partial charge on any atom is -0.279 e. The van der Waals surface area contributed by atoms with Crippen molar-refractivity contribution in [2.75, 3.05) is 16.0 Å². The largest absolute Gasteiger partial charge is 0.279 e. The van der Waals surface area contributed by atoms with E-state index in [4.69, 9.17) is 19.9 Å². The van der Waals surface area contributed by atoms with Gasteiger partial charge in [0.1, 0.15) is 0 Å². The van der Waals surface area contributed by atoms with Crippen LogP contribution in [-0.2, 0) is 11.8 Å². The maximum atomic E-state index is 5.01. The Morgan fingerprint density at radius 2 is 0.897 bits per heavy atom. The number of anilines is 6. The van der Waals surface area contributed by atoms with Gasteiger partial charge in [-0.05, 0) is 151 Å². The molecule has 2 heterocycles. The number of fused-ring (bicyclic) bond motifs is 10. The Balaban J connectivity index is 1.28. The fourth-order valence-corrected chi connectivity index (χ4v) is 9.77. The zero-order chi connectivity index (χ0) is 39.5. The van der Waals surface area contributed by atoms with Crippen LogP contribution in [0.5, 0.6) is 0 Å². The van der Waals surface area contributed by atoms with Crippen molar-refractivity contribution in [2.45, 2.75) is 39.5 Å². The van der Waals surface area contributed by atoms with Gasteiger partial charge in [0, 0.05) is 45.5 Å². The molecule has 0 bridgehead atoms. The molecule has 10 rings (SSSR count). The zero-order valence-electron chi connectivity index (χ0n) is 33.1. The summed E-state index contributed by atoms with van der Waals surface area (Å²) in [7, 11) is 2.95. The first kappa shape index (κ1) is 35.9. The predicted molar refractivity (Wildman–Crippen MR) is 241 cm³/mol. The van der Waals surface area contributed by atoms with E-state index >= 15 is 0 Å². The van der Waals surface area contributed by atoms with Crippen LogP contribution in [0.3, 0.4) is 0 Å².